The molecule has 0 amide bonds. The van der Waals surface area contributed by atoms with Crippen molar-refractivity contribution in [2.45, 2.75) is 49.3 Å². The van der Waals surface area contributed by atoms with E-state index >= 15 is 4.39 Å². The first-order valence-electron chi connectivity index (χ1n) is 10.9. The van der Waals surface area contributed by atoms with Gasteiger partial charge in [0.1, 0.15) is 30.1 Å². The molecular weight excluding hydrogens is 582 g/mol. The van der Waals surface area contributed by atoms with Gasteiger partial charge in [0.05, 0.1) is 6.61 Å². The third-order valence-corrected chi connectivity index (χ3v) is 6.59. The summed E-state index contributed by atoms with van der Waals surface area (Å²) >= 11 is 2.77. The minimum absolute atomic E-state index is 0.186. The summed E-state index contributed by atoms with van der Waals surface area (Å²) in [7, 11) is -2.56. The van der Waals surface area contributed by atoms with E-state index in [9.17, 15) is 24.4 Å². The highest BCUT2D eigenvalue weighted by atomic mass is 79.9. The zero-order valence-corrected chi connectivity index (χ0v) is 22.4. The molecule has 0 radical (unpaired) electrons. The topological polar surface area (TPSA) is 177 Å². The van der Waals surface area contributed by atoms with E-state index in [1.165, 1.54) is 38.1 Å². The van der Waals surface area contributed by atoms with Crippen molar-refractivity contribution >= 4 is 30.1 Å². The molecule has 1 aliphatic rings. The summed E-state index contributed by atoms with van der Waals surface area (Å²) in [5.74, 6) is -0.0894. The quantitative estimate of drug-likeness (QED) is 0.153. The van der Waals surface area contributed by atoms with Crippen LogP contribution >= 0.6 is 24.1 Å². The van der Waals surface area contributed by atoms with Crippen molar-refractivity contribution in [2.75, 3.05) is 13.2 Å². The lowest BCUT2D eigenvalue weighted by Crippen LogP contribution is -2.45. The molecule has 1 aliphatic heterocycles. The Balaban J connectivity index is 1.58. The summed E-state index contributed by atoms with van der Waals surface area (Å²) in [4.78, 5) is 52.9. The van der Waals surface area contributed by atoms with E-state index in [0.29, 0.717) is 5.75 Å². The molecule has 0 spiro atoms. The Morgan fingerprint density at radius 2 is 2.00 bits per heavy atom. The maximum atomic E-state index is 15.2. The van der Waals surface area contributed by atoms with Crippen molar-refractivity contribution in [2.24, 2.45) is 4.85 Å². The second-order valence-corrected chi connectivity index (χ2v) is 10.4. The number of aromatic amines is 1. The molecule has 1 aromatic carbocycles. The van der Waals surface area contributed by atoms with Gasteiger partial charge in [0, 0.05) is 17.1 Å². The van der Waals surface area contributed by atoms with Gasteiger partial charge in [-0.05, 0) is 61.0 Å². The summed E-state index contributed by atoms with van der Waals surface area (Å²) in [5, 5.41) is 10.4. The van der Waals surface area contributed by atoms with Gasteiger partial charge in [-0.3, -0.25) is 18.9 Å². The first-order valence-corrected chi connectivity index (χ1v) is 12.8. The number of aromatic nitrogens is 2. The highest BCUT2D eigenvalue weighted by Gasteiger charge is 2.57. The molecule has 3 N–H and O–H groups in total. The number of alkyl halides is 2. The summed E-state index contributed by atoms with van der Waals surface area (Å²) in [6.07, 6.45) is -3.40. The molecule has 2 heterocycles. The normalized spacial score (nSPS) is 24.1. The Morgan fingerprint density at radius 3 is 2.62 bits per heavy atom. The SMILES string of the molecule is CCOC(=O)C(C)(C)N/N=[P+](\[O-])Oc1ccc(OC[C@H]2O[C@@H](n3ccc(=O)[nH]c3=O)[C@@](F)(Br)[C@@H]2O)cc1. The second-order valence-electron chi connectivity index (χ2n) is 8.33. The number of esters is 1. The summed E-state index contributed by atoms with van der Waals surface area (Å²) < 4.78 is 34.6. The van der Waals surface area contributed by atoms with Gasteiger partial charge in [0.25, 0.3) is 5.56 Å². The zero-order chi connectivity index (χ0) is 27.4. The Hall–Kier alpha value is -2.68. The molecule has 1 saturated heterocycles. The number of aliphatic hydroxyl groups is 1. The summed E-state index contributed by atoms with van der Waals surface area (Å²) in [6.45, 7) is 4.59. The van der Waals surface area contributed by atoms with Crippen molar-refractivity contribution in [1.29, 1.82) is 0 Å². The number of halogens is 2. The molecule has 13 nitrogen and oxygen atoms in total. The van der Waals surface area contributed by atoms with Crippen molar-refractivity contribution < 1.29 is 37.9 Å². The molecule has 37 heavy (non-hydrogen) atoms. The molecule has 0 aliphatic carbocycles. The minimum atomic E-state index is -2.56. The molecule has 5 atom stereocenters. The smallest absolute Gasteiger partial charge is 0.412 e. The average Bonchev–Trinajstić information content (AvgIpc) is 3.06. The fourth-order valence-corrected chi connectivity index (χ4v) is 4.42. The molecule has 1 fully saturated rings. The third-order valence-electron chi connectivity index (χ3n) is 5.10. The van der Waals surface area contributed by atoms with E-state index in [2.05, 4.69) is 26.2 Å². The Kier molecular flexibility index (Phi) is 9.21. The molecule has 1 unspecified atom stereocenters. The number of ether oxygens (including phenoxy) is 3. The van der Waals surface area contributed by atoms with Gasteiger partial charge in [-0.1, -0.05) is 0 Å². The van der Waals surface area contributed by atoms with Gasteiger partial charge >= 0.3 is 19.8 Å². The van der Waals surface area contributed by atoms with Crippen molar-refractivity contribution in [3.05, 3.63) is 57.4 Å². The number of carbonyl (C=O) groups is 1. The van der Waals surface area contributed by atoms with Gasteiger partial charge in [-0.2, -0.15) is 5.43 Å². The average molecular weight is 607 g/mol. The molecule has 2 aromatic rings. The lowest BCUT2D eigenvalue weighted by Gasteiger charge is -2.22. The fraction of sp³-hybridized carbons (Fsp3) is 0.476. The highest BCUT2D eigenvalue weighted by Crippen LogP contribution is 2.45. The molecular formula is C21H25BrFN4O9P. The van der Waals surface area contributed by atoms with E-state index in [1.54, 1.807) is 6.92 Å². The van der Waals surface area contributed by atoms with Gasteiger partial charge < -0.3 is 24.2 Å². The molecule has 202 valence electrons. The van der Waals surface area contributed by atoms with Crippen LogP contribution < -0.4 is 30.8 Å². The van der Waals surface area contributed by atoms with Gasteiger partial charge in [0.2, 0.25) is 4.58 Å². The standard InChI is InChI=1S/C21H25BrFN4O9P/c1-4-33-18(30)20(2,3)25-26-37(32)36-13-7-5-12(6-8-13)34-11-14-16(29)21(22,23)17(35-14)27-10-9-15(28)24-19(27)31/h5-10,14,16-17,25,29H,4,11H2,1-3H3,(H,24,28,31)/t14-,16-,17-,21-/m1/s1. The number of carbonyl (C=O) groups excluding carboxylic acids is 1. The van der Waals surface area contributed by atoms with E-state index < -0.39 is 53.9 Å². The number of rotatable bonds is 10. The Morgan fingerprint density at radius 1 is 1.35 bits per heavy atom. The van der Waals surface area contributed by atoms with Gasteiger partial charge in [-0.25, -0.2) is 14.0 Å². The number of hydrogen-bond acceptors (Lipinski definition) is 10. The Labute approximate surface area is 219 Å². The predicted molar refractivity (Wildman–Crippen MR) is 130 cm³/mol. The number of nitrogens with one attached hydrogen (secondary N) is 2. The lowest BCUT2D eigenvalue weighted by molar-refractivity contribution is -0.169. The van der Waals surface area contributed by atoms with Crippen LogP contribution in [-0.4, -0.2) is 56.2 Å². The first kappa shape index (κ1) is 28.9. The first-order chi connectivity index (χ1) is 17.3. The number of nitrogens with zero attached hydrogens (tertiary/aromatic N) is 2. The third kappa shape index (κ3) is 7.00. The summed E-state index contributed by atoms with van der Waals surface area (Å²) in [6, 6.07) is 6.83. The molecule has 1 aromatic heterocycles. The van der Waals surface area contributed by atoms with Gasteiger partial charge in [0.15, 0.2) is 12.0 Å². The number of aliphatic hydroxyl groups excluding tert-OH is 1. The monoisotopic (exact) mass is 606 g/mol. The molecule has 3 rings (SSSR count). The van der Waals surface area contributed by atoms with Gasteiger partial charge in [-0.15, -0.1) is 0 Å². The van der Waals surface area contributed by atoms with Crippen molar-refractivity contribution in [3.8, 4) is 11.5 Å². The maximum absolute atomic E-state index is 15.2. The highest BCUT2D eigenvalue weighted by molar-refractivity contribution is 9.10. The maximum Gasteiger partial charge on any atom is 0.412 e. The molecule has 0 saturated carbocycles. The van der Waals surface area contributed by atoms with Crippen LogP contribution in [0.5, 0.6) is 11.5 Å². The van der Waals surface area contributed by atoms with Crippen LogP contribution in [0.4, 0.5) is 4.39 Å². The van der Waals surface area contributed by atoms with E-state index in [4.69, 9.17) is 18.7 Å². The van der Waals surface area contributed by atoms with Crippen LogP contribution in [0.15, 0.2) is 51.0 Å². The molecule has 16 heteroatoms. The van der Waals surface area contributed by atoms with E-state index in [-0.39, 0.29) is 19.0 Å². The predicted octanol–water partition coefficient (Wildman–Crippen LogP) is 1.02. The Bertz CT molecular complexity index is 1250. The number of hydrogen-bond donors (Lipinski definition) is 3. The van der Waals surface area contributed by atoms with E-state index in [1.807, 2.05) is 4.98 Å². The van der Waals surface area contributed by atoms with Crippen LogP contribution in [0.1, 0.15) is 27.0 Å². The number of benzene rings is 1. The zero-order valence-electron chi connectivity index (χ0n) is 19.9. The van der Waals surface area contributed by atoms with Crippen LogP contribution in [0.2, 0.25) is 0 Å². The number of H-pyrrole nitrogens is 1. The van der Waals surface area contributed by atoms with Crippen LogP contribution in [0.25, 0.3) is 0 Å². The van der Waals surface area contributed by atoms with Crippen molar-refractivity contribution in [3.63, 3.8) is 0 Å². The van der Waals surface area contributed by atoms with Crippen LogP contribution in [-0.2, 0) is 14.3 Å². The second kappa shape index (κ2) is 11.8. The molecule has 0 bridgehead atoms. The fourth-order valence-electron chi connectivity index (χ4n) is 3.13. The lowest BCUT2D eigenvalue weighted by atomic mass is 10.1. The summed E-state index contributed by atoms with van der Waals surface area (Å²) in [5.41, 5.74) is -0.312. The minimum Gasteiger partial charge on any atom is -0.574 e. The van der Waals surface area contributed by atoms with Crippen LogP contribution in [0.3, 0.4) is 0 Å². The van der Waals surface area contributed by atoms with Crippen molar-refractivity contribution in [1.82, 2.24) is 15.0 Å². The largest absolute Gasteiger partial charge is 0.574 e. The van der Waals surface area contributed by atoms with E-state index in [0.717, 1.165) is 16.8 Å². The van der Waals surface area contributed by atoms with Crippen LogP contribution in [0, 0.1) is 0 Å².